The molecule has 0 spiro atoms. The van der Waals surface area contributed by atoms with Crippen LogP contribution < -0.4 is 16.0 Å². The van der Waals surface area contributed by atoms with E-state index in [1.807, 2.05) is 56.3 Å². The summed E-state index contributed by atoms with van der Waals surface area (Å²) < 4.78 is 10.9. The van der Waals surface area contributed by atoms with Crippen LogP contribution in [0, 0.1) is 11.8 Å². The number of rotatable bonds is 22. The van der Waals surface area contributed by atoms with Crippen molar-refractivity contribution in [1.29, 1.82) is 0 Å². The van der Waals surface area contributed by atoms with Crippen molar-refractivity contribution < 1.29 is 43.0 Å². The first-order valence-corrected chi connectivity index (χ1v) is 22.0. The predicted octanol–water partition coefficient (Wildman–Crippen LogP) is 7.03. The van der Waals surface area contributed by atoms with Gasteiger partial charge in [0.25, 0.3) is 0 Å². The van der Waals surface area contributed by atoms with Crippen LogP contribution >= 0.6 is 0 Å². The van der Waals surface area contributed by atoms with Crippen LogP contribution in [0.4, 0.5) is 4.79 Å². The van der Waals surface area contributed by atoms with E-state index in [9.17, 15) is 33.6 Å². The average Bonchev–Trinajstić information content (AvgIpc) is 3.68. The van der Waals surface area contributed by atoms with Gasteiger partial charge in [-0.3, -0.25) is 28.8 Å². The van der Waals surface area contributed by atoms with E-state index >= 15 is 0 Å². The van der Waals surface area contributed by atoms with Gasteiger partial charge in [-0.15, -0.1) is 0 Å². The van der Waals surface area contributed by atoms with Crippen LogP contribution in [0.25, 0.3) is 0 Å². The highest BCUT2D eigenvalue weighted by Crippen LogP contribution is 2.25. The Kier molecular flexibility index (Phi) is 20.1. The van der Waals surface area contributed by atoms with E-state index < -0.39 is 29.7 Å². The lowest BCUT2D eigenvalue weighted by molar-refractivity contribution is -0.144. The first kappa shape index (κ1) is 50.3. The SMILES string of the molecule is CC1=C(C)C(=O)C(CCCOC(=O)CCCCC[C@H](NC(=O)[C@@H]2CCCN2C(=O)[C@H](/C=C/[C@H](CC(C)C)NC(=O)OC(C)(C)C)Cc2ccccc2)C(=O)NC(C)C)=CC1=O. The minimum Gasteiger partial charge on any atom is -0.466 e. The van der Waals surface area contributed by atoms with Crippen molar-refractivity contribution in [1.82, 2.24) is 20.9 Å². The monoisotopic (exact) mass is 847 g/mol. The van der Waals surface area contributed by atoms with Gasteiger partial charge in [0.05, 0.1) is 18.6 Å². The molecule has 4 amide bonds. The summed E-state index contributed by atoms with van der Waals surface area (Å²) in [6.45, 7) is 17.0. The molecular formula is C48H70N4O9. The van der Waals surface area contributed by atoms with E-state index in [2.05, 4.69) is 29.8 Å². The van der Waals surface area contributed by atoms with Crippen LogP contribution in [0.2, 0.25) is 0 Å². The Bertz CT molecular complexity index is 1790. The number of Topliss-reactive ketones (excluding diaryl/α,β-unsaturated/α-hetero) is 1. The molecular weight excluding hydrogens is 777 g/mol. The van der Waals surface area contributed by atoms with Crippen molar-refractivity contribution in [2.24, 2.45) is 11.8 Å². The number of unbranched alkanes of at least 4 members (excludes halogenated alkanes) is 2. The molecule has 13 nitrogen and oxygen atoms in total. The van der Waals surface area contributed by atoms with Gasteiger partial charge in [0.15, 0.2) is 11.6 Å². The third-order valence-corrected chi connectivity index (χ3v) is 10.6. The van der Waals surface area contributed by atoms with E-state index in [0.29, 0.717) is 87.5 Å². The second-order valence-corrected chi connectivity index (χ2v) is 18.0. The molecule has 1 aliphatic heterocycles. The molecule has 4 atom stereocenters. The number of ketones is 2. The number of nitrogens with zero attached hydrogens (tertiary/aromatic N) is 1. The zero-order chi connectivity index (χ0) is 45.3. The van der Waals surface area contributed by atoms with Gasteiger partial charge in [-0.2, -0.15) is 0 Å². The zero-order valence-electron chi connectivity index (χ0n) is 37.9. The Labute approximate surface area is 362 Å². The largest absolute Gasteiger partial charge is 0.466 e. The molecule has 0 saturated carbocycles. The molecule has 1 saturated heterocycles. The number of carbonyl (C=O) groups excluding carboxylic acids is 7. The summed E-state index contributed by atoms with van der Waals surface area (Å²) in [7, 11) is 0. The van der Waals surface area contributed by atoms with Crippen LogP contribution in [0.3, 0.4) is 0 Å². The Hall–Kier alpha value is -5.07. The molecule has 2 aliphatic rings. The molecule has 1 aromatic rings. The van der Waals surface area contributed by atoms with Gasteiger partial charge in [-0.05, 0) is 117 Å². The number of ether oxygens (including phenoxy) is 2. The van der Waals surface area contributed by atoms with Crippen molar-refractivity contribution in [3.63, 3.8) is 0 Å². The van der Waals surface area contributed by atoms with Crippen molar-refractivity contribution in [2.45, 2.75) is 163 Å². The van der Waals surface area contributed by atoms with Crippen molar-refractivity contribution in [3.8, 4) is 0 Å². The molecule has 1 fully saturated rings. The van der Waals surface area contributed by atoms with Crippen molar-refractivity contribution in [2.75, 3.05) is 13.2 Å². The highest BCUT2D eigenvalue weighted by Gasteiger charge is 2.38. The van der Waals surface area contributed by atoms with Gasteiger partial charge in [0, 0.05) is 35.7 Å². The first-order chi connectivity index (χ1) is 28.7. The molecule has 0 radical (unpaired) electrons. The Morgan fingerprint density at radius 3 is 2.25 bits per heavy atom. The number of hydrogen-bond donors (Lipinski definition) is 3. The molecule has 13 heteroatoms. The summed E-state index contributed by atoms with van der Waals surface area (Å²) in [6.07, 6.45) is 9.65. The second-order valence-electron chi connectivity index (χ2n) is 18.0. The maximum absolute atomic E-state index is 14.4. The molecule has 3 rings (SSSR count). The van der Waals surface area contributed by atoms with Crippen LogP contribution in [0.15, 0.2) is 65.3 Å². The molecule has 336 valence electrons. The molecule has 61 heavy (non-hydrogen) atoms. The summed E-state index contributed by atoms with van der Waals surface area (Å²) >= 11 is 0. The summed E-state index contributed by atoms with van der Waals surface area (Å²) in [6, 6.07) is 7.54. The number of allylic oxidation sites excluding steroid dienone is 4. The van der Waals surface area contributed by atoms with Gasteiger partial charge < -0.3 is 30.3 Å². The molecule has 1 aromatic carbocycles. The number of amides is 4. The third kappa shape index (κ3) is 17.4. The van der Waals surface area contributed by atoms with Gasteiger partial charge in [-0.25, -0.2) is 4.79 Å². The van der Waals surface area contributed by atoms with Crippen LogP contribution in [-0.4, -0.2) is 89.2 Å². The fourth-order valence-electron chi connectivity index (χ4n) is 7.39. The van der Waals surface area contributed by atoms with Crippen molar-refractivity contribution >= 4 is 41.4 Å². The lowest BCUT2D eigenvalue weighted by Gasteiger charge is -2.29. The van der Waals surface area contributed by atoms with Crippen LogP contribution in [0.5, 0.6) is 0 Å². The maximum Gasteiger partial charge on any atom is 0.408 e. The smallest absolute Gasteiger partial charge is 0.408 e. The number of benzene rings is 1. The third-order valence-electron chi connectivity index (χ3n) is 10.6. The Morgan fingerprint density at radius 2 is 1.59 bits per heavy atom. The maximum atomic E-state index is 14.4. The minimum atomic E-state index is -0.832. The van der Waals surface area contributed by atoms with Gasteiger partial charge in [0.2, 0.25) is 17.7 Å². The van der Waals surface area contributed by atoms with E-state index in [-0.39, 0.29) is 66.3 Å². The van der Waals surface area contributed by atoms with E-state index in [0.717, 1.165) is 5.56 Å². The lowest BCUT2D eigenvalue weighted by atomic mass is 9.89. The Morgan fingerprint density at radius 1 is 0.885 bits per heavy atom. The lowest BCUT2D eigenvalue weighted by Crippen LogP contribution is -2.54. The van der Waals surface area contributed by atoms with Crippen molar-refractivity contribution in [3.05, 3.63) is 70.8 Å². The normalized spacial score (nSPS) is 17.3. The molecule has 0 unspecified atom stereocenters. The van der Waals surface area contributed by atoms with Crippen LogP contribution in [-0.2, 0) is 44.7 Å². The second kappa shape index (κ2) is 24.4. The average molecular weight is 847 g/mol. The van der Waals surface area contributed by atoms with E-state index in [1.54, 1.807) is 39.5 Å². The Balaban J connectivity index is 1.61. The zero-order valence-corrected chi connectivity index (χ0v) is 37.9. The number of alkyl carbamates (subject to hydrolysis) is 1. The quantitative estimate of drug-likeness (QED) is 0.0479. The van der Waals surface area contributed by atoms with E-state index in [1.165, 1.54) is 6.08 Å². The highest BCUT2D eigenvalue weighted by atomic mass is 16.6. The highest BCUT2D eigenvalue weighted by molar-refractivity contribution is 6.22. The number of carbonyl (C=O) groups is 7. The topological polar surface area (TPSA) is 177 Å². The fourth-order valence-corrected chi connectivity index (χ4v) is 7.39. The predicted molar refractivity (Wildman–Crippen MR) is 235 cm³/mol. The van der Waals surface area contributed by atoms with Gasteiger partial charge in [-0.1, -0.05) is 69.2 Å². The van der Waals surface area contributed by atoms with Gasteiger partial charge in [0.1, 0.15) is 17.7 Å². The standard InChI is InChI=1S/C48H70N4O9/c1-31(2)28-38(50-47(59)61-48(7,8)9)25-24-37(29-35-18-12-10-13-19-35)46(58)52-26-16-22-40(52)45(57)51-39(44(56)49-32(3)4)21-14-11-15-23-42(54)60-27-17-20-36-30-41(53)33(5)34(6)43(36)55/h10,12-13,18-19,24-25,30-32,37-40H,11,14-17,20-23,26-29H2,1-9H3,(H,49,56)(H,50,59)(H,51,57)/b25-24+/t37-,38-,39+,40+/m1/s1. The summed E-state index contributed by atoms with van der Waals surface area (Å²) in [5, 5.41) is 8.80. The minimum absolute atomic E-state index is 0.136. The number of esters is 1. The summed E-state index contributed by atoms with van der Waals surface area (Å²) in [4.78, 5) is 93.0. The van der Waals surface area contributed by atoms with Crippen LogP contribution in [0.1, 0.15) is 132 Å². The molecule has 1 heterocycles. The number of nitrogens with one attached hydrogen (secondary N) is 3. The fraction of sp³-hybridized carbons (Fsp3) is 0.604. The summed E-state index contributed by atoms with van der Waals surface area (Å²) in [5.74, 6) is -1.95. The molecule has 0 aromatic heterocycles. The number of likely N-dealkylation sites (tertiary alicyclic amines) is 1. The molecule has 0 bridgehead atoms. The first-order valence-electron chi connectivity index (χ1n) is 22.0. The number of hydrogen-bond acceptors (Lipinski definition) is 9. The molecule has 3 N–H and O–H groups in total. The van der Waals surface area contributed by atoms with Gasteiger partial charge >= 0.3 is 12.1 Å². The molecule has 1 aliphatic carbocycles. The van der Waals surface area contributed by atoms with E-state index in [4.69, 9.17) is 9.47 Å². The summed E-state index contributed by atoms with van der Waals surface area (Å²) in [5.41, 5.74) is 1.63.